The number of nitrogens with one attached hydrogen (secondary N) is 3. The Morgan fingerprint density at radius 1 is 1.18 bits per heavy atom. The normalized spacial score (nSPS) is 22.2. The lowest BCUT2D eigenvalue weighted by molar-refractivity contribution is -0.137. The van der Waals surface area contributed by atoms with Crippen LogP contribution in [0.15, 0.2) is 47.4 Å². The zero-order valence-electron chi connectivity index (χ0n) is 18.9. The van der Waals surface area contributed by atoms with Crippen LogP contribution in [0.1, 0.15) is 37.1 Å². The van der Waals surface area contributed by atoms with Crippen LogP contribution in [0.25, 0.3) is 10.9 Å². The number of carbonyl (C=O) groups is 2. The van der Waals surface area contributed by atoms with E-state index in [9.17, 15) is 14.7 Å². The Bertz CT molecular complexity index is 1260. The number of amides is 2. The molecule has 1 saturated carbocycles. The van der Waals surface area contributed by atoms with Crippen LogP contribution in [0.3, 0.4) is 0 Å². The van der Waals surface area contributed by atoms with Crippen LogP contribution in [-0.2, 0) is 16.1 Å². The molecule has 2 aliphatic rings. The van der Waals surface area contributed by atoms with Crippen molar-refractivity contribution in [1.29, 1.82) is 0 Å². The number of aromatic nitrogens is 2. The molecule has 8 nitrogen and oxygen atoms in total. The van der Waals surface area contributed by atoms with Crippen molar-refractivity contribution in [3.8, 4) is 0 Å². The van der Waals surface area contributed by atoms with Gasteiger partial charge in [-0.15, -0.1) is 11.8 Å². The molecule has 2 aromatic heterocycles. The first kappa shape index (κ1) is 22.8. The molecule has 1 aliphatic carbocycles. The highest BCUT2D eigenvalue weighted by Crippen LogP contribution is 2.32. The summed E-state index contributed by atoms with van der Waals surface area (Å²) in [5, 5.41) is 21.2. The van der Waals surface area contributed by atoms with Crippen LogP contribution in [0.4, 0.5) is 11.5 Å². The fourth-order valence-electron chi connectivity index (χ4n) is 4.46. The van der Waals surface area contributed by atoms with Crippen molar-refractivity contribution < 1.29 is 14.7 Å². The first-order valence-electron chi connectivity index (χ1n) is 11.5. The predicted molar refractivity (Wildman–Crippen MR) is 133 cm³/mol. The zero-order chi connectivity index (χ0) is 23.7. The van der Waals surface area contributed by atoms with Crippen molar-refractivity contribution in [2.45, 2.75) is 55.7 Å². The summed E-state index contributed by atoms with van der Waals surface area (Å²) in [5.74, 6) is 0.621. The summed E-state index contributed by atoms with van der Waals surface area (Å²) in [5.41, 5.74) is 1.65. The number of hydrogen-bond donors (Lipinski definition) is 4. The van der Waals surface area contributed by atoms with Crippen molar-refractivity contribution >= 4 is 46.0 Å². The molecular formula is C25H27N5O3S. The molecule has 176 valence electrons. The number of aliphatic hydroxyl groups is 1. The molecular weight excluding hydrogens is 450 g/mol. The number of pyridine rings is 2. The van der Waals surface area contributed by atoms with Gasteiger partial charge in [-0.3, -0.25) is 14.6 Å². The largest absolute Gasteiger partial charge is 0.380 e. The van der Waals surface area contributed by atoms with E-state index in [-0.39, 0.29) is 17.9 Å². The van der Waals surface area contributed by atoms with Gasteiger partial charge in [0.2, 0.25) is 5.91 Å². The van der Waals surface area contributed by atoms with Gasteiger partial charge in [-0.05, 0) is 56.9 Å². The van der Waals surface area contributed by atoms with Gasteiger partial charge in [-0.25, -0.2) is 4.98 Å². The van der Waals surface area contributed by atoms with Gasteiger partial charge in [0.1, 0.15) is 11.4 Å². The van der Waals surface area contributed by atoms with Crippen LogP contribution in [0, 0.1) is 6.92 Å². The SMILES string of the molecule is Cc1ccc2cccc(NC(=O)[C@]3(O)CC[C@@H](NCc4ccc5c(n4)NC(=O)CS5)CC3)c2n1. The number of hydrogen-bond acceptors (Lipinski definition) is 7. The van der Waals surface area contributed by atoms with Gasteiger partial charge in [0.15, 0.2) is 0 Å². The van der Waals surface area contributed by atoms with Crippen LogP contribution < -0.4 is 16.0 Å². The number of anilines is 2. The van der Waals surface area contributed by atoms with Crippen molar-refractivity contribution in [3.05, 3.63) is 53.9 Å². The standard InChI is InChI=1S/C25H27N5O3S/c1-15-5-6-16-3-2-4-19(22(16)27-15)29-24(32)25(33)11-9-17(10-12-25)26-13-18-7-8-20-23(28-18)30-21(31)14-34-20/h2-8,17,26,33H,9-14H2,1H3,(H,29,32)(H,28,30,31)/t17-,25+. The number of nitrogens with zero attached hydrogens (tertiary/aromatic N) is 2. The molecule has 1 aromatic carbocycles. The van der Waals surface area contributed by atoms with Gasteiger partial charge in [0.25, 0.3) is 5.91 Å². The van der Waals surface area contributed by atoms with E-state index >= 15 is 0 Å². The van der Waals surface area contributed by atoms with Gasteiger partial charge in [-0.2, -0.15) is 0 Å². The van der Waals surface area contributed by atoms with E-state index < -0.39 is 5.60 Å². The quantitative estimate of drug-likeness (QED) is 0.445. The summed E-state index contributed by atoms with van der Waals surface area (Å²) >= 11 is 1.49. The van der Waals surface area contributed by atoms with Crippen LogP contribution >= 0.6 is 11.8 Å². The highest BCUT2D eigenvalue weighted by atomic mass is 32.2. The van der Waals surface area contributed by atoms with E-state index in [4.69, 9.17) is 0 Å². The predicted octanol–water partition coefficient (Wildman–Crippen LogP) is 3.38. The monoisotopic (exact) mass is 477 g/mol. The summed E-state index contributed by atoms with van der Waals surface area (Å²) in [7, 11) is 0. The summed E-state index contributed by atoms with van der Waals surface area (Å²) < 4.78 is 0. The van der Waals surface area contributed by atoms with E-state index in [1.54, 1.807) is 0 Å². The molecule has 1 fully saturated rings. The van der Waals surface area contributed by atoms with Gasteiger partial charge in [-0.1, -0.05) is 18.2 Å². The first-order valence-corrected chi connectivity index (χ1v) is 12.4. The molecule has 0 unspecified atom stereocenters. The molecule has 0 bridgehead atoms. The third kappa shape index (κ3) is 4.77. The molecule has 0 atom stereocenters. The van der Waals surface area contributed by atoms with E-state index in [2.05, 4.69) is 25.9 Å². The molecule has 4 N–H and O–H groups in total. The molecule has 0 radical (unpaired) electrons. The van der Waals surface area contributed by atoms with E-state index in [0.29, 0.717) is 49.5 Å². The lowest BCUT2D eigenvalue weighted by Crippen LogP contribution is -2.48. The minimum absolute atomic E-state index is 0.0330. The van der Waals surface area contributed by atoms with E-state index in [1.165, 1.54) is 11.8 Å². The number of rotatable bonds is 5. The smallest absolute Gasteiger partial charge is 0.256 e. The number of fused-ring (bicyclic) bond motifs is 2. The lowest BCUT2D eigenvalue weighted by Gasteiger charge is -2.35. The summed E-state index contributed by atoms with van der Waals surface area (Å²) in [6, 6.07) is 13.7. The molecule has 0 saturated heterocycles. The second-order valence-corrected chi connectivity index (χ2v) is 9.97. The minimum Gasteiger partial charge on any atom is -0.380 e. The third-order valence-corrected chi connectivity index (χ3v) is 7.49. The second kappa shape index (κ2) is 9.32. The van der Waals surface area contributed by atoms with E-state index in [1.807, 2.05) is 49.4 Å². The fraction of sp³-hybridized carbons (Fsp3) is 0.360. The Morgan fingerprint density at radius 3 is 2.82 bits per heavy atom. The molecule has 9 heteroatoms. The van der Waals surface area contributed by atoms with Crippen molar-refractivity contribution in [1.82, 2.24) is 15.3 Å². The zero-order valence-corrected chi connectivity index (χ0v) is 19.7. The molecule has 2 amide bonds. The van der Waals surface area contributed by atoms with Crippen molar-refractivity contribution in [3.63, 3.8) is 0 Å². The lowest BCUT2D eigenvalue weighted by atomic mass is 9.81. The first-order chi connectivity index (χ1) is 16.4. The summed E-state index contributed by atoms with van der Waals surface area (Å²) in [4.78, 5) is 34.7. The molecule has 34 heavy (non-hydrogen) atoms. The average molecular weight is 478 g/mol. The maximum Gasteiger partial charge on any atom is 0.256 e. The number of thioether (sulfide) groups is 1. The average Bonchev–Trinajstić information content (AvgIpc) is 2.84. The highest BCUT2D eigenvalue weighted by molar-refractivity contribution is 8.00. The Kier molecular flexibility index (Phi) is 6.24. The molecule has 3 heterocycles. The maximum atomic E-state index is 13.0. The Morgan fingerprint density at radius 2 is 2.00 bits per heavy atom. The topological polar surface area (TPSA) is 116 Å². The third-order valence-electron chi connectivity index (χ3n) is 6.45. The van der Waals surface area contributed by atoms with Crippen LogP contribution in [0.5, 0.6) is 0 Å². The second-order valence-electron chi connectivity index (χ2n) is 8.96. The van der Waals surface area contributed by atoms with Crippen LogP contribution in [-0.4, -0.2) is 44.3 Å². The van der Waals surface area contributed by atoms with Crippen molar-refractivity contribution in [2.24, 2.45) is 0 Å². The Hall–Kier alpha value is -3.01. The van der Waals surface area contributed by atoms with E-state index in [0.717, 1.165) is 27.2 Å². The molecule has 5 rings (SSSR count). The maximum absolute atomic E-state index is 13.0. The summed E-state index contributed by atoms with van der Waals surface area (Å²) in [6.07, 6.45) is 2.10. The van der Waals surface area contributed by atoms with Gasteiger partial charge >= 0.3 is 0 Å². The molecule has 3 aromatic rings. The number of para-hydroxylation sites is 1. The number of benzene rings is 1. The highest BCUT2D eigenvalue weighted by Gasteiger charge is 2.40. The van der Waals surface area contributed by atoms with Gasteiger partial charge < -0.3 is 21.1 Å². The minimum atomic E-state index is -1.41. The van der Waals surface area contributed by atoms with Gasteiger partial charge in [0, 0.05) is 23.7 Å². The molecule has 1 aliphatic heterocycles. The van der Waals surface area contributed by atoms with Crippen molar-refractivity contribution in [2.75, 3.05) is 16.4 Å². The van der Waals surface area contributed by atoms with Crippen LogP contribution in [0.2, 0.25) is 0 Å². The molecule has 0 spiro atoms. The Balaban J connectivity index is 1.18. The number of aryl methyl sites for hydroxylation is 1. The summed E-state index contributed by atoms with van der Waals surface area (Å²) in [6.45, 7) is 2.47. The van der Waals surface area contributed by atoms with Gasteiger partial charge in [0.05, 0.1) is 27.5 Å². The Labute approximate surface area is 202 Å². The fourth-order valence-corrected chi connectivity index (χ4v) is 5.22. The number of carbonyl (C=O) groups excluding carboxylic acids is 2.